The molecule has 0 spiro atoms. The number of thioether (sulfide) groups is 1. The molecule has 190 valence electrons. The second kappa shape index (κ2) is 10.1. The zero-order chi connectivity index (χ0) is 26.1. The lowest BCUT2D eigenvalue weighted by Gasteiger charge is -2.44. The van der Waals surface area contributed by atoms with E-state index in [1.807, 2.05) is 0 Å². The van der Waals surface area contributed by atoms with E-state index in [9.17, 15) is 34.9 Å². The average Bonchev–Trinajstić information content (AvgIpc) is 3.35. The molecule has 1 aromatic heterocycles. The van der Waals surface area contributed by atoms with Gasteiger partial charge < -0.3 is 29.4 Å². The second-order valence-electron chi connectivity index (χ2n) is 8.46. The van der Waals surface area contributed by atoms with E-state index in [1.54, 1.807) is 11.5 Å². The Bertz CT molecular complexity index is 1260. The van der Waals surface area contributed by atoms with Crippen LogP contribution in [0.15, 0.2) is 41.1 Å². The lowest BCUT2D eigenvalue weighted by atomic mass is 9.83. The molecule has 3 atom stereocenters. The first kappa shape index (κ1) is 25.3. The first-order valence-corrected chi connectivity index (χ1v) is 12.0. The van der Waals surface area contributed by atoms with Gasteiger partial charge in [-0.05, 0) is 34.5 Å². The van der Waals surface area contributed by atoms with Gasteiger partial charge in [0, 0.05) is 42.7 Å². The van der Waals surface area contributed by atoms with Gasteiger partial charge in [-0.15, -0.1) is 11.8 Å². The van der Waals surface area contributed by atoms with Crippen molar-refractivity contribution in [3.8, 4) is 0 Å². The van der Waals surface area contributed by atoms with Gasteiger partial charge in [-0.1, -0.05) is 0 Å². The SMILES string of the molecule is Cc1nc([N+](=O)[O-])cn1CCSC1=C(C(=O)OCc2ccc([N+](=O)[O-])cc2)N2C(=O)[C@H]([C@H](C)O)[C@H]2C1. The Morgan fingerprint density at radius 1 is 1.28 bits per heavy atom. The van der Waals surface area contributed by atoms with Crippen molar-refractivity contribution in [1.82, 2.24) is 14.5 Å². The fourth-order valence-electron chi connectivity index (χ4n) is 4.35. The van der Waals surface area contributed by atoms with Crippen molar-refractivity contribution in [3.63, 3.8) is 0 Å². The summed E-state index contributed by atoms with van der Waals surface area (Å²) < 4.78 is 7.07. The number of imidazole rings is 1. The molecule has 0 saturated carbocycles. The molecule has 4 rings (SSSR count). The predicted octanol–water partition coefficient (Wildman–Crippen LogP) is 2.31. The van der Waals surface area contributed by atoms with E-state index in [0.717, 1.165) is 0 Å². The summed E-state index contributed by atoms with van der Waals surface area (Å²) >= 11 is 1.34. The third kappa shape index (κ3) is 4.81. The summed E-state index contributed by atoms with van der Waals surface area (Å²) in [4.78, 5) is 52.3. The normalized spacial score (nSPS) is 19.6. The molecule has 2 aliphatic heterocycles. The van der Waals surface area contributed by atoms with Crippen LogP contribution in [0.3, 0.4) is 0 Å². The maximum Gasteiger partial charge on any atom is 0.381 e. The highest BCUT2D eigenvalue weighted by atomic mass is 32.2. The number of carbonyl (C=O) groups is 2. The summed E-state index contributed by atoms with van der Waals surface area (Å²) in [6.45, 7) is 3.45. The number of non-ortho nitro benzene ring substituents is 1. The molecule has 0 radical (unpaired) electrons. The van der Waals surface area contributed by atoms with Crippen molar-refractivity contribution in [1.29, 1.82) is 0 Å². The van der Waals surface area contributed by atoms with E-state index in [2.05, 4.69) is 4.98 Å². The number of aromatic nitrogens is 2. The molecule has 0 bridgehead atoms. The summed E-state index contributed by atoms with van der Waals surface area (Å²) in [5.74, 6) is -0.976. The van der Waals surface area contributed by atoms with Crippen LogP contribution in [-0.4, -0.2) is 59.2 Å². The Morgan fingerprint density at radius 2 is 1.97 bits per heavy atom. The summed E-state index contributed by atoms with van der Waals surface area (Å²) in [5, 5.41) is 31.8. The van der Waals surface area contributed by atoms with Crippen molar-refractivity contribution >= 4 is 35.1 Å². The van der Waals surface area contributed by atoms with Gasteiger partial charge in [-0.3, -0.25) is 14.9 Å². The molecule has 36 heavy (non-hydrogen) atoms. The van der Waals surface area contributed by atoms with Gasteiger partial charge in [-0.2, -0.15) is 0 Å². The largest absolute Gasteiger partial charge is 0.456 e. The van der Waals surface area contributed by atoms with Crippen molar-refractivity contribution in [2.24, 2.45) is 5.92 Å². The Hall–Kier alpha value is -3.78. The number of aliphatic hydroxyl groups is 1. The lowest BCUT2D eigenvalue weighted by Crippen LogP contribution is -2.61. The van der Waals surface area contributed by atoms with E-state index in [4.69, 9.17) is 4.74 Å². The maximum atomic E-state index is 13.0. The van der Waals surface area contributed by atoms with Crippen molar-refractivity contribution < 1.29 is 29.3 Å². The number of β-lactam (4-membered cyclic amide) rings is 1. The summed E-state index contributed by atoms with van der Waals surface area (Å²) in [5.41, 5.74) is 0.591. The van der Waals surface area contributed by atoms with Crippen molar-refractivity contribution in [2.75, 3.05) is 5.75 Å². The number of fused-ring (bicyclic) bond motifs is 1. The zero-order valence-electron chi connectivity index (χ0n) is 19.4. The van der Waals surface area contributed by atoms with E-state index in [-0.39, 0.29) is 35.8 Å². The number of nitro benzene ring substituents is 1. The summed E-state index contributed by atoms with van der Waals surface area (Å²) in [6.07, 6.45) is 0.866. The number of amides is 1. The van der Waals surface area contributed by atoms with Crippen LogP contribution < -0.4 is 0 Å². The van der Waals surface area contributed by atoms with E-state index in [0.29, 0.717) is 35.0 Å². The zero-order valence-corrected chi connectivity index (χ0v) is 20.2. The van der Waals surface area contributed by atoms with E-state index in [1.165, 1.54) is 54.0 Å². The van der Waals surface area contributed by atoms with Crippen LogP contribution in [0.1, 0.15) is 24.7 Å². The van der Waals surface area contributed by atoms with Gasteiger partial charge in [0.2, 0.25) is 11.7 Å². The van der Waals surface area contributed by atoms with Crippen LogP contribution in [0.25, 0.3) is 0 Å². The van der Waals surface area contributed by atoms with Crippen LogP contribution in [-0.2, 0) is 27.5 Å². The molecule has 14 heteroatoms. The number of ether oxygens (including phenoxy) is 1. The van der Waals surface area contributed by atoms with Gasteiger partial charge in [-0.25, -0.2) is 4.79 Å². The maximum absolute atomic E-state index is 13.0. The molecule has 1 saturated heterocycles. The van der Waals surface area contributed by atoms with Crippen LogP contribution in [0, 0.1) is 33.1 Å². The van der Waals surface area contributed by atoms with Gasteiger partial charge in [0.25, 0.3) is 5.69 Å². The smallest absolute Gasteiger partial charge is 0.381 e. The van der Waals surface area contributed by atoms with E-state index < -0.39 is 27.8 Å². The number of carbonyl (C=O) groups excluding carboxylic acids is 2. The molecule has 1 N–H and O–H groups in total. The highest BCUT2D eigenvalue weighted by Gasteiger charge is 2.57. The lowest BCUT2D eigenvalue weighted by molar-refractivity contribution is -0.389. The van der Waals surface area contributed by atoms with Crippen LogP contribution >= 0.6 is 11.8 Å². The number of benzene rings is 1. The van der Waals surface area contributed by atoms with Crippen LogP contribution in [0.5, 0.6) is 0 Å². The molecular formula is C22H23N5O8S. The van der Waals surface area contributed by atoms with Gasteiger partial charge in [0.05, 0.1) is 23.0 Å². The third-order valence-electron chi connectivity index (χ3n) is 6.16. The topological polar surface area (TPSA) is 171 Å². The van der Waals surface area contributed by atoms with Gasteiger partial charge in [0.15, 0.2) is 0 Å². The molecule has 0 aliphatic carbocycles. The minimum Gasteiger partial charge on any atom is -0.456 e. The number of rotatable bonds is 10. The minimum atomic E-state index is -0.866. The second-order valence-corrected chi connectivity index (χ2v) is 9.65. The Labute approximate surface area is 209 Å². The quantitative estimate of drug-likeness (QED) is 0.213. The Balaban J connectivity index is 1.47. The molecule has 2 aliphatic rings. The molecule has 1 amide bonds. The molecule has 0 unspecified atom stereocenters. The van der Waals surface area contributed by atoms with Gasteiger partial charge >= 0.3 is 11.8 Å². The number of nitrogens with zero attached hydrogens (tertiary/aromatic N) is 5. The summed E-state index contributed by atoms with van der Waals surface area (Å²) in [7, 11) is 0. The monoisotopic (exact) mass is 517 g/mol. The third-order valence-corrected chi connectivity index (χ3v) is 7.25. The number of hydrogen-bond donors (Lipinski definition) is 1. The molecular weight excluding hydrogens is 494 g/mol. The fraction of sp³-hybridized carbons (Fsp3) is 0.409. The number of nitro groups is 2. The number of hydrogen-bond acceptors (Lipinski definition) is 10. The first-order chi connectivity index (χ1) is 17.1. The Morgan fingerprint density at radius 3 is 2.56 bits per heavy atom. The molecule has 13 nitrogen and oxygen atoms in total. The van der Waals surface area contributed by atoms with E-state index >= 15 is 0 Å². The van der Waals surface area contributed by atoms with Gasteiger partial charge in [0.1, 0.15) is 18.5 Å². The van der Waals surface area contributed by atoms with Crippen molar-refractivity contribution in [2.45, 2.75) is 45.6 Å². The fourth-order valence-corrected chi connectivity index (χ4v) is 5.50. The Kier molecular flexibility index (Phi) is 7.08. The van der Waals surface area contributed by atoms with Crippen molar-refractivity contribution in [3.05, 3.63) is 72.7 Å². The number of aryl methyl sites for hydroxylation is 2. The predicted molar refractivity (Wildman–Crippen MR) is 126 cm³/mol. The molecule has 2 aromatic rings. The summed E-state index contributed by atoms with van der Waals surface area (Å²) in [6, 6.07) is 5.24. The molecule has 3 heterocycles. The number of aliphatic hydroxyl groups excluding tert-OH is 1. The highest BCUT2D eigenvalue weighted by molar-refractivity contribution is 8.03. The average molecular weight is 518 g/mol. The van der Waals surface area contributed by atoms with Crippen LogP contribution in [0.2, 0.25) is 0 Å². The minimum absolute atomic E-state index is 0.0843. The molecule has 1 fully saturated rings. The standard InChI is InChI=1S/C22H23N5O8S/c1-12(28)19-16-9-17(36-8-7-24-10-18(27(33)34)23-13(24)2)20(25(16)21(19)29)22(30)35-11-14-3-5-15(6-4-14)26(31)32/h3-6,10,12,16,19,28H,7-9,11H2,1-2H3/t12-,16+,19+/m0/s1. The highest BCUT2D eigenvalue weighted by Crippen LogP contribution is 2.47. The first-order valence-electron chi connectivity index (χ1n) is 11.0. The van der Waals surface area contributed by atoms with Crippen LogP contribution in [0.4, 0.5) is 11.5 Å². The molecule has 1 aromatic carbocycles. The number of esters is 1.